The van der Waals surface area contributed by atoms with Crippen LogP contribution in [0.2, 0.25) is 5.02 Å². The Labute approximate surface area is 98.3 Å². The van der Waals surface area contributed by atoms with Crippen molar-refractivity contribution < 1.29 is 13.9 Å². The summed E-state index contributed by atoms with van der Waals surface area (Å²) in [5, 5.41) is 0.00182. The molecule has 5 heteroatoms. The van der Waals surface area contributed by atoms with Crippen LogP contribution in [0.1, 0.15) is 12.8 Å². The average molecular weight is 246 g/mol. The van der Waals surface area contributed by atoms with Crippen molar-refractivity contribution in [3.63, 3.8) is 0 Å². The second kappa shape index (κ2) is 4.89. The molecule has 16 heavy (non-hydrogen) atoms. The van der Waals surface area contributed by atoms with Crippen LogP contribution in [0.15, 0.2) is 12.1 Å². The zero-order valence-corrected chi connectivity index (χ0v) is 9.47. The summed E-state index contributed by atoms with van der Waals surface area (Å²) in [7, 11) is 0. The molecule has 1 heterocycles. The molecule has 1 aromatic rings. The van der Waals surface area contributed by atoms with Crippen molar-refractivity contribution in [2.75, 3.05) is 18.9 Å². The maximum Gasteiger partial charge on any atom is 0.145 e. The molecule has 1 aliphatic heterocycles. The van der Waals surface area contributed by atoms with Crippen molar-refractivity contribution in [1.82, 2.24) is 0 Å². The van der Waals surface area contributed by atoms with Crippen molar-refractivity contribution in [3.05, 3.63) is 23.0 Å². The third kappa shape index (κ3) is 2.57. The highest BCUT2D eigenvalue weighted by Crippen LogP contribution is 2.28. The van der Waals surface area contributed by atoms with E-state index in [1.54, 1.807) is 0 Å². The number of anilines is 1. The summed E-state index contributed by atoms with van der Waals surface area (Å²) in [6.45, 7) is 1.16. The molecule has 1 saturated heterocycles. The fourth-order valence-corrected chi connectivity index (χ4v) is 1.80. The van der Waals surface area contributed by atoms with Gasteiger partial charge in [0, 0.05) is 12.7 Å². The second-order valence-electron chi connectivity index (χ2n) is 3.75. The molecule has 3 nitrogen and oxygen atoms in total. The minimum absolute atomic E-state index is 0.00182. The Morgan fingerprint density at radius 1 is 1.56 bits per heavy atom. The summed E-state index contributed by atoms with van der Waals surface area (Å²) >= 11 is 5.58. The normalized spacial score (nSPS) is 20.0. The van der Waals surface area contributed by atoms with E-state index >= 15 is 0 Å². The molecule has 2 N–H and O–H groups in total. The highest BCUT2D eigenvalue weighted by molar-refractivity contribution is 6.31. The van der Waals surface area contributed by atoms with Crippen molar-refractivity contribution in [3.8, 4) is 5.75 Å². The van der Waals surface area contributed by atoms with E-state index in [-0.39, 0.29) is 11.1 Å². The monoisotopic (exact) mass is 245 g/mol. The van der Waals surface area contributed by atoms with Gasteiger partial charge in [0.15, 0.2) is 0 Å². The first-order chi connectivity index (χ1) is 7.66. The molecule has 2 rings (SSSR count). The molecule has 0 spiro atoms. The topological polar surface area (TPSA) is 44.5 Å². The largest absolute Gasteiger partial charge is 0.489 e. The summed E-state index contributed by atoms with van der Waals surface area (Å²) in [4.78, 5) is 0. The predicted octanol–water partition coefficient (Wildman–Crippen LogP) is 2.62. The van der Waals surface area contributed by atoms with E-state index in [0.717, 1.165) is 19.4 Å². The molecule has 0 aromatic heterocycles. The Bertz CT molecular complexity index is 380. The van der Waals surface area contributed by atoms with E-state index in [4.69, 9.17) is 26.8 Å². The number of hydrogen-bond acceptors (Lipinski definition) is 3. The molecule has 1 aliphatic rings. The first-order valence-electron chi connectivity index (χ1n) is 5.16. The van der Waals surface area contributed by atoms with Gasteiger partial charge < -0.3 is 15.2 Å². The Morgan fingerprint density at radius 3 is 3.06 bits per heavy atom. The van der Waals surface area contributed by atoms with Gasteiger partial charge in [-0.1, -0.05) is 11.6 Å². The molecular weight excluding hydrogens is 233 g/mol. The summed E-state index contributed by atoms with van der Waals surface area (Å²) in [6, 6.07) is 2.55. The van der Waals surface area contributed by atoms with Gasteiger partial charge in [-0.2, -0.15) is 0 Å². The van der Waals surface area contributed by atoms with Gasteiger partial charge in [-0.3, -0.25) is 0 Å². The van der Waals surface area contributed by atoms with E-state index in [1.165, 1.54) is 12.1 Å². The Hall–Kier alpha value is -1.00. The van der Waals surface area contributed by atoms with Crippen LogP contribution >= 0.6 is 11.6 Å². The Morgan fingerprint density at radius 2 is 2.38 bits per heavy atom. The molecule has 0 amide bonds. The fraction of sp³-hybridized carbons (Fsp3) is 0.455. The highest BCUT2D eigenvalue weighted by Gasteiger charge is 2.17. The third-order valence-electron chi connectivity index (χ3n) is 2.50. The summed E-state index contributed by atoms with van der Waals surface area (Å²) in [6.07, 6.45) is 2.09. The maximum absolute atomic E-state index is 13.2. The Kier molecular flexibility index (Phi) is 3.51. The van der Waals surface area contributed by atoms with Gasteiger partial charge in [-0.05, 0) is 18.9 Å². The lowest BCUT2D eigenvalue weighted by atomic mass is 10.2. The van der Waals surface area contributed by atoms with Gasteiger partial charge in [0.1, 0.15) is 18.2 Å². The number of nitrogens with two attached hydrogens (primary N) is 1. The van der Waals surface area contributed by atoms with Gasteiger partial charge in [-0.15, -0.1) is 0 Å². The molecule has 0 saturated carbocycles. The molecule has 1 aromatic carbocycles. The molecule has 0 bridgehead atoms. The molecule has 0 radical (unpaired) electrons. The second-order valence-corrected chi connectivity index (χ2v) is 4.16. The zero-order chi connectivity index (χ0) is 11.5. The molecule has 1 atom stereocenters. The lowest BCUT2D eigenvalue weighted by molar-refractivity contribution is 0.0681. The predicted molar refractivity (Wildman–Crippen MR) is 60.3 cm³/mol. The number of rotatable bonds is 3. The van der Waals surface area contributed by atoms with Gasteiger partial charge in [0.25, 0.3) is 0 Å². The van der Waals surface area contributed by atoms with Gasteiger partial charge in [-0.25, -0.2) is 4.39 Å². The summed E-state index contributed by atoms with van der Waals surface area (Å²) in [5.41, 5.74) is 6.00. The van der Waals surface area contributed by atoms with Crippen molar-refractivity contribution in [2.24, 2.45) is 0 Å². The first-order valence-corrected chi connectivity index (χ1v) is 5.53. The average Bonchev–Trinajstić information content (AvgIpc) is 2.74. The number of hydrogen-bond donors (Lipinski definition) is 1. The zero-order valence-electron chi connectivity index (χ0n) is 8.71. The van der Waals surface area contributed by atoms with Crippen LogP contribution in [-0.2, 0) is 4.74 Å². The Balaban J connectivity index is 2.00. The standard InChI is InChI=1S/C11H13ClFNO2/c12-8-4-10(14)11(5-9(8)13)16-6-7-2-1-3-15-7/h4-5,7H,1-3,6,14H2. The van der Waals surface area contributed by atoms with Gasteiger partial charge >= 0.3 is 0 Å². The SMILES string of the molecule is Nc1cc(Cl)c(F)cc1OCC1CCCO1. The summed E-state index contributed by atoms with van der Waals surface area (Å²) in [5.74, 6) is -0.212. The van der Waals surface area contributed by atoms with Crippen molar-refractivity contribution in [2.45, 2.75) is 18.9 Å². The van der Waals surface area contributed by atoms with Gasteiger partial charge in [0.05, 0.1) is 16.8 Å². The van der Waals surface area contributed by atoms with E-state index in [2.05, 4.69) is 0 Å². The van der Waals surface area contributed by atoms with E-state index in [9.17, 15) is 4.39 Å². The van der Waals surface area contributed by atoms with E-state index < -0.39 is 5.82 Å². The highest BCUT2D eigenvalue weighted by atomic mass is 35.5. The first kappa shape index (κ1) is 11.5. The molecule has 1 fully saturated rings. The third-order valence-corrected chi connectivity index (χ3v) is 2.79. The lowest BCUT2D eigenvalue weighted by Gasteiger charge is -2.13. The van der Waals surface area contributed by atoms with Crippen LogP contribution in [0, 0.1) is 5.82 Å². The number of halogens is 2. The summed E-state index contributed by atoms with van der Waals surface area (Å²) < 4.78 is 24.0. The van der Waals surface area contributed by atoms with Crippen LogP contribution in [-0.4, -0.2) is 19.3 Å². The van der Waals surface area contributed by atoms with Crippen LogP contribution in [0.5, 0.6) is 5.75 Å². The minimum atomic E-state index is -0.529. The number of ether oxygens (including phenoxy) is 2. The van der Waals surface area contributed by atoms with E-state index in [1.807, 2.05) is 0 Å². The smallest absolute Gasteiger partial charge is 0.145 e. The number of benzene rings is 1. The van der Waals surface area contributed by atoms with Crippen molar-refractivity contribution >= 4 is 17.3 Å². The van der Waals surface area contributed by atoms with Crippen LogP contribution < -0.4 is 10.5 Å². The molecule has 1 unspecified atom stereocenters. The number of nitrogen functional groups attached to an aromatic ring is 1. The van der Waals surface area contributed by atoms with Crippen LogP contribution in [0.25, 0.3) is 0 Å². The maximum atomic E-state index is 13.2. The quantitative estimate of drug-likeness (QED) is 0.833. The molecule has 88 valence electrons. The lowest BCUT2D eigenvalue weighted by Crippen LogP contribution is -2.16. The molecule has 0 aliphatic carbocycles. The van der Waals surface area contributed by atoms with Crippen LogP contribution in [0.3, 0.4) is 0 Å². The fourth-order valence-electron chi connectivity index (χ4n) is 1.63. The van der Waals surface area contributed by atoms with Gasteiger partial charge in [0.2, 0.25) is 0 Å². The van der Waals surface area contributed by atoms with E-state index in [0.29, 0.717) is 18.0 Å². The minimum Gasteiger partial charge on any atom is -0.489 e. The van der Waals surface area contributed by atoms with Crippen molar-refractivity contribution in [1.29, 1.82) is 0 Å². The molecular formula is C11H13ClFNO2. The van der Waals surface area contributed by atoms with Crippen LogP contribution in [0.4, 0.5) is 10.1 Å².